The van der Waals surface area contributed by atoms with Crippen molar-refractivity contribution >= 4 is 51.9 Å². The molecule has 0 saturated carbocycles. The first-order chi connectivity index (χ1) is 13.8. The lowest BCUT2D eigenvalue weighted by Gasteiger charge is -2.15. The number of carbonyl (C=O) groups is 4. The van der Waals surface area contributed by atoms with Gasteiger partial charge in [-0.3, -0.25) is 9.59 Å². The van der Waals surface area contributed by atoms with Crippen molar-refractivity contribution in [2.75, 3.05) is 11.5 Å². The molecule has 1 aromatic heterocycles. The predicted molar refractivity (Wildman–Crippen MR) is 110 cm³/mol. The fraction of sp³-hybridized carbons (Fsp3) is 0.300. The molecule has 0 unspecified atom stereocenters. The highest BCUT2D eigenvalue weighted by atomic mass is 32.2. The zero-order valence-corrected chi connectivity index (χ0v) is 17.7. The van der Waals surface area contributed by atoms with E-state index in [1.807, 2.05) is 6.92 Å². The van der Waals surface area contributed by atoms with Gasteiger partial charge in [-0.05, 0) is 38.5 Å². The zero-order chi connectivity index (χ0) is 21.3. The summed E-state index contributed by atoms with van der Waals surface area (Å²) in [5, 5.41) is 8.85. The van der Waals surface area contributed by atoms with Gasteiger partial charge in [0.25, 0.3) is 0 Å². The molecule has 1 saturated heterocycles. The highest BCUT2D eigenvalue weighted by Crippen LogP contribution is 2.41. The number of aryl methyl sites for hydroxylation is 1. The molecule has 7 nitrogen and oxygen atoms in total. The summed E-state index contributed by atoms with van der Waals surface area (Å²) in [5.74, 6) is -2.56. The topological polar surface area (TPSA) is 101 Å². The summed E-state index contributed by atoms with van der Waals surface area (Å²) < 4.78 is 5.11. The summed E-state index contributed by atoms with van der Waals surface area (Å²) in [6.07, 6.45) is -0.0737. The molecule has 2 aromatic rings. The van der Waals surface area contributed by atoms with Crippen molar-refractivity contribution in [3.05, 3.63) is 45.8 Å². The monoisotopic (exact) mass is 433 g/mol. The number of carboxylic acids is 1. The van der Waals surface area contributed by atoms with Gasteiger partial charge in [0.15, 0.2) is 0 Å². The van der Waals surface area contributed by atoms with Crippen LogP contribution in [0.25, 0.3) is 0 Å². The molecule has 1 atom stereocenters. The van der Waals surface area contributed by atoms with E-state index in [1.165, 1.54) is 17.4 Å². The number of carbonyl (C=O) groups excluding carboxylic acids is 3. The predicted octanol–water partition coefficient (Wildman–Crippen LogP) is 3.66. The lowest BCUT2D eigenvalue weighted by molar-refractivity contribution is -0.121. The maximum Gasteiger partial charge on any atom is 0.341 e. The van der Waals surface area contributed by atoms with E-state index in [9.17, 15) is 24.3 Å². The Hall–Kier alpha value is -2.65. The van der Waals surface area contributed by atoms with E-state index in [2.05, 4.69) is 0 Å². The number of carboxylic acid groups (broad SMARTS) is 1. The average Bonchev–Trinajstić information content (AvgIpc) is 3.10. The summed E-state index contributed by atoms with van der Waals surface area (Å²) in [6.45, 7) is 5.43. The van der Waals surface area contributed by atoms with Crippen LogP contribution < -0.4 is 4.90 Å². The number of nitrogens with zero attached hydrogens (tertiary/aromatic N) is 1. The quantitative estimate of drug-likeness (QED) is 0.548. The summed E-state index contributed by atoms with van der Waals surface area (Å²) in [4.78, 5) is 51.9. The SMILES string of the molecule is CCOC(=O)c1c(N2C(=O)C[C@H](Sc3ccccc3C(=O)O)C2=O)sc(C)c1C. The molecule has 9 heteroatoms. The van der Waals surface area contributed by atoms with Crippen molar-refractivity contribution in [2.24, 2.45) is 0 Å². The fourth-order valence-corrected chi connectivity index (χ4v) is 5.36. The van der Waals surface area contributed by atoms with Gasteiger partial charge in [0.1, 0.15) is 5.00 Å². The Balaban J connectivity index is 1.94. The number of rotatable bonds is 6. The minimum atomic E-state index is -1.10. The van der Waals surface area contributed by atoms with Gasteiger partial charge in [-0.2, -0.15) is 0 Å². The smallest absolute Gasteiger partial charge is 0.341 e. The molecule has 1 aromatic carbocycles. The highest BCUT2D eigenvalue weighted by molar-refractivity contribution is 8.00. The van der Waals surface area contributed by atoms with E-state index in [1.54, 1.807) is 32.0 Å². The molecular weight excluding hydrogens is 414 g/mol. The molecule has 2 heterocycles. The molecule has 1 fully saturated rings. The Morgan fingerprint density at radius 1 is 1.28 bits per heavy atom. The van der Waals surface area contributed by atoms with E-state index in [4.69, 9.17) is 4.74 Å². The molecule has 0 bridgehead atoms. The van der Waals surface area contributed by atoms with Crippen LogP contribution in [0, 0.1) is 13.8 Å². The number of anilines is 1. The van der Waals surface area contributed by atoms with E-state index in [0.29, 0.717) is 10.5 Å². The summed E-state index contributed by atoms with van der Waals surface area (Å²) in [6, 6.07) is 6.34. The van der Waals surface area contributed by atoms with E-state index < -0.39 is 29.0 Å². The number of hydrogen-bond acceptors (Lipinski definition) is 7. The third-order valence-electron chi connectivity index (χ3n) is 4.54. The van der Waals surface area contributed by atoms with Gasteiger partial charge in [-0.1, -0.05) is 12.1 Å². The Labute approximate surface area is 175 Å². The maximum absolute atomic E-state index is 13.0. The average molecular weight is 434 g/mol. The van der Waals surface area contributed by atoms with Gasteiger partial charge in [0, 0.05) is 16.2 Å². The number of hydrogen-bond donors (Lipinski definition) is 1. The summed E-state index contributed by atoms with van der Waals surface area (Å²) in [7, 11) is 0. The van der Waals surface area contributed by atoms with Crippen molar-refractivity contribution in [1.82, 2.24) is 0 Å². The van der Waals surface area contributed by atoms with Gasteiger partial charge in [-0.15, -0.1) is 23.1 Å². The van der Waals surface area contributed by atoms with E-state index >= 15 is 0 Å². The van der Waals surface area contributed by atoms with Gasteiger partial charge in [0.2, 0.25) is 11.8 Å². The Bertz CT molecular complexity index is 1010. The minimum Gasteiger partial charge on any atom is -0.478 e. The molecule has 152 valence electrons. The van der Waals surface area contributed by atoms with Crippen LogP contribution in [-0.2, 0) is 14.3 Å². The van der Waals surface area contributed by atoms with Crippen LogP contribution in [0.1, 0.15) is 44.5 Å². The van der Waals surface area contributed by atoms with Crippen LogP contribution in [0.4, 0.5) is 5.00 Å². The number of imide groups is 1. The van der Waals surface area contributed by atoms with Crippen LogP contribution >= 0.6 is 23.1 Å². The molecule has 1 N–H and O–H groups in total. The van der Waals surface area contributed by atoms with Crippen LogP contribution in [-0.4, -0.2) is 40.7 Å². The minimum absolute atomic E-state index is 0.0737. The molecule has 1 aliphatic rings. The first-order valence-corrected chi connectivity index (χ1v) is 10.6. The molecule has 2 amide bonds. The molecular formula is C20H19NO6S2. The van der Waals surface area contributed by atoms with Crippen LogP contribution in [0.15, 0.2) is 29.2 Å². The van der Waals surface area contributed by atoms with Crippen LogP contribution in [0.5, 0.6) is 0 Å². The number of esters is 1. The van der Waals surface area contributed by atoms with Crippen molar-refractivity contribution in [1.29, 1.82) is 0 Å². The number of amides is 2. The third-order valence-corrected chi connectivity index (χ3v) is 7.00. The largest absolute Gasteiger partial charge is 0.478 e. The first-order valence-electron chi connectivity index (χ1n) is 8.89. The van der Waals surface area contributed by atoms with E-state index in [0.717, 1.165) is 21.5 Å². The fourth-order valence-electron chi connectivity index (χ4n) is 3.02. The first kappa shape index (κ1) is 21.1. The number of thioether (sulfide) groups is 1. The number of thiophene rings is 1. The zero-order valence-electron chi connectivity index (χ0n) is 16.1. The summed E-state index contributed by atoms with van der Waals surface area (Å²) in [5.41, 5.74) is 0.982. The standard InChI is InChI=1S/C20H19NO6S2/c1-4-27-20(26)16-10(2)11(3)28-18(16)21-15(22)9-14(17(21)23)29-13-8-6-5-7-12(13)19(24)25/h5-8,14H,4,9H2,1-3H3,(H,24,25)/t14-/m0/s1. The van der Waals surface area contributed by atoms with Gasteiger partial charge < -0.3 is 9.84 Å². The van der Waals surface area contributed by atoms with E-state index in [-0.39, 0.29) is 29.2 Å². The molecule has 0 radical (unpaired) electrons. The van der Waals surface area contributed by atoms with Crippen LogP contribution in [0.3, 0.4) is 0 Å². The molecule has 0 aliphatic carbocycles. The Morgan fingerprint density at radius 3 is 2.62 bits per heavy atom. The molecule has 0 spiro atoms. The van der Waals surface area contributed by atoms with Gasteiger partial charge >= 0.3 is 11.9 Å². The number of aromatic carboxylic acids is 1. The van der Waals surface area contributed by atoms with Gasteiger partial charge in [-0.25, -0.2) is 14.5 Å². The third kappa shape index (κ3) is 3.92. The number of ether oxygens (including phenoxy) is 1. The lowest BCUT2D eigenvalue weighted by Crippen LogP contribution is -2.31. The molecule has 29 heavy (non-hydrogen) atoms. The summed E-state index contributed by atoms with van der Waals surface area (Å²) >= 11 is 2.24. The van der Waals surface area contributed by atoms with Crippen molar-refractivity contribution in [2.45, 2.75) is 37.3 Å². The van der Waals surface area contributed by atoms with Crippen molar-refractivity contribution in [3.63, 3.8) is 0 Å². The number of benzene rings is 1. The molecule has 3 rings (SSSR count). The second kappa shape index (κ2) is 8.38. The second-order valence-electron chi connectivity index (χ2n) is 6.36. The second-order valence-corrected chi connectivity index (χ2v) is 8.81. The normalized spacial score (nSPS) is 16.4. The van der Waals surface area contributed by atoms with Crippen molar-refractivity contribution in [3.8, 4) is 0 Å². The Kier molecular flexibility index (Phi) is 6.09. The highest BCUT2D eigenvalue weighted by Gasteiger charge is 2.43. The van der Waals surface area contributed by atoms with Crippen LogP contribution in [0.2, 0.25) is 0 Å². The lowest BCUT2D eigenvalue weighted by atomic mass is 10.1. The molecule has 1 aliphatic heterocycles. The van der Waals surface area contributed by atoms with Crippen molar-refractivity contribution < 1.29 is 29.0 Å². The van der Waals surface area contributed by atoms with Gasteiger partial charge in [0.05, 0.1) is 23.0 Å². The maximum atomic E-state index is 13.0. The Morgan fingerprint density at radius 2 is 1.97 bits per heavy atom.